The fourth-order valence-electron chi connectivity index (χ4n) is 2.15. The van der Waals surface area contributed by atoms with Gasteiger partial charge in [-0.1, -0.05) is 34.6 Å². The number of hydrogen-bond acceptors (Lipinski definition) is 4. The molecule has 1 atom stereocenters. The molecule has 0 aromatic rings. The van der Waals surface area contributed by atoms with E-state index in [9.17, 15) is 19.5 Å². The maximum absolute atomic E-state index is 12.4. The zero-order valence-corrected chi connectivity index (χ0v) is 13.2. The van der Waals surface area contributed by atoms with E-state index in [1.165, 1.54) is 12.2 Å². The molecule has 0 bridgehead atoms. The van der Waals surface area contributed by atoms with Gasteiger partial charge in [-0.3, -0.25) is 9.59 Å². The first-order valence-electron chi connectivity index (χ1n) is 7.04. The van der Waals surface area contributed by atoms with Crippen molar-refractivity contribution in [2.75, 3.05) is 0 Å². The number of carbonyl (C=O) groups excluding carboxylic acids is 2. The number of carboxylic acids is 1. The number of allylic oxidation sites excluding steroid dienone is 3. The van der Waals surface area contributed by atoms with Crippen LogP contribution in [0.15, 0.2) is 23.4 Å². The number of nitrogens with one attached hydrogen (secondary N) is 1. The van der Waals surface area contributed by atoms with Gasteiger partial charge in [-0.15, -0.1) is 0 Å². The van der Waals surface area contributed by atoms with Crippen LogP contribution in [0.1, 0.15) is 41.0 Å². The van der Waals surface area contributed by atoms with Gasteiger partial charge in [0, 0.05) is 11.6 Å². The van der Waals surface area contributed by atoms with Crippen LogP contribution in [0.5, 0.6) is 0 Å². The molecule has 0 aromatic heterocycles. The molecular weight excluding hydrogens is 270 g/mol. The molecule has 0 heterocycles. The number of carboxylic acid groups (broad SMARTS) is 1. The minimum absolute atomic E-state index is 0.0699. The molecule has 0 amide bonds. The molecule has 5 nitrogen and oxygen atoms in total. The third-order valence-corrected chi connectivity index (χ3v) is 3.21. The Hall–Kier alpha value is -1.91. The van der Waals surface area contributed by atoms with Crippen molar-refractivity contribution in [1.82, 2.24) is 5.32 Å². The van der Waals surface area contributed by atoms with Crippen molar-refractivity contribution >= 4 is 17.5 Å². The first kappa shape index (κ1) is 17.1. The van der Waals surface area contributed by atoms with Gasteiger partial charge in [-0.25, -0.2) is 4.79 Å². The summed E-state index contributed by atoms with van der Waals surface area (Å²) in [4.78, 5) is 35.4. The van der Waals surface area contributed by atoms with Crippen LogP contribution in [0.3, 0.4) is 0 Å². The van der Waals surface area contributed by atoms with Crippen molar-refractivity contribution in [1.29, 1.82) is 0 Å². The van der Waals surface area contributed by atoms with Gasteiger partial charge in [0.2, 0.25) is 5.78 Å². The molecule has 0 unspecified atom stereocenters. The summed E-state index contributed by atoms with van der Waals surface area (Å²) in [5.41, 5.74) is -0.00306. The summed E-state index contributed by atoms with van der Waals surface area (Å²) in [7, 11) is 0. The van der Waals surface area contributed by atoms with Crippen LogP contribution in [0.25, 0.3) is 0 Å². The summed E-state index contributed by atoms with van der Waals surface area (Å²) in [5.74, 6) is -1.48. The first-order chi connectivity index (χ1) is 9.52. The second-order valence-corrected chi connectivity index (χ2v) is 6.76. The predicted molar refractivity (Wildman–Crippen MR) is 79.6 cm³/mol. The Bertz CT molecular complexity index is 521. The number of Topliss-reactive ketones (excluding diaryl/α,β-unsaturated/α-hetero) is 1. The Morgan fingerprint density at radius 1 is 1.24 bits per heavy atom. The van der Waals surface area contributed by atoms with E-state index in [0.717, 1.165) is 0 Å². The number of carbonyl (C=O) groups is 3. The fraction of sp³-hybridized carbons (Fsp3) is 0.562. The summed E-state index contributed by atoms with van der Waals surface area (Å²) in [6.07, 6.45) is 2.88. The lowest BCUT2D eigenvalue weighted by Gasteiger charge is -2.27. The zero-order valence-electron chi connectivity index (χ0n) is 13.2. The zero-order chi connectivity index (χ0) is 16.4. The molecular formula is C16H23NO4. The third kappa shape index (κ3) is 4.55. The number of rotatable bonds is 5. The average molecular weight is 293 g/mol. The van der Waals surface area contributed by atoms with Crippen LogP contribution >= 0.6 is 0 Å². The van der Waals surface area contributed by atoms with Crippen molar-refractivity contribution < 1.29 is 19.5 Å². The van der Waals surface area contributed by atoms with Gasteiger partial charge in [-0.05, 0) is 23.8 Å². The van der Waals surface area contributed by atoms with E-state index in [2.05, 4.69) is 5.32 Å². The third-order valence-electron chi connectivity index (χ3n) is 3.21. The second kappa shape index (κ2) is 6.24. The standard InChI is InChI=1S/C16H23NO4/c1-9(2)6-13(15(20)21)17-12-8-10(18)7-11(14(12)19)16(3,4)5/h7-9,13,17H,6H2,1-5H3,(H,20,21)/t13-/m0/s1. The van der Waals surface area contributed by atoms with Crippen molar-refractivity contribution in [2.24, 2.45) is 11.3 Å². The quantitative estimate of drug-likeness (QED) is 0.758. The SMILES string of the molecule is CC(C)C[C@H](NC1=CC(=O)C=C(C(C)(C)C)C1=O)C(=O)O. The maximum Gasteiger partial charge on any atom is 0.326 e. The Kier molecular flexibility index (Phi) is 5.10. The fourth-order valence-corrected chi connectivity index (χ4v) is 2.15. The van der Waals surface area contributed by atoms with Crippen LogP contribution in [0, 0.1) is 11.3 Å². The van der Waals surface area contributed by atoms with Gasteiger partial charge in [0.25, 0.3) is 0 Å². The minimum atomic E-state index is -1.03. The second-order valence-electron chi connectivity index (χ2n) is 6.76. The van der Waals surface area contributed by atoms with Crippen LogP contribution in [-0.2, 0) is 14.4 Å². The highest BCUT2D eigenvalue weighted by Crippen LogP contribution is 2.30. The van der Waals surface area contributed by atoms with Crippen LogP contribution in [-0.4, -0.2) is 28.7 Å². The molecule has 0 saturated heterocycles. The molecule has 0 aliphatic heterocycles. The van der Waals surface area contributed by atoms with E-state index in [0.29, 0.717) is 12.0 Å². The van der Waals surface area contributed by atoms with Gasteiger partial charge in [0.15, 0.2) is 5.78 Å². The molecule has 116 valence electrons. The normalized spacial score (nSPS) is 17.4. The summed E-state index contributed by atoms with van der Waals surface area (Å²) in [6, 6.07) is -0.882. The molecule has 0 saturated carbocycles. The van der Waals surface area contributed by atoms with E-state index in [4.69, 9.17) is 0 Å². The predicted octanol–water partition coefficient (Wildman–Crippen LogP) is 2.08. The molecule has 0 spiro atoms. The molecule has 0 radical (unpaired) electrons. The van der Waals surface area contributed by atoms with Crippen LogP contribution in [0.2, 0.25) is 0 Å². The lowest BCUT2D eigenvalue weighted by molar-refractivity contribution is -0.139. The smallest absolute Gasteiger partial charge is 0.326 e. The van der Waals surface area contributed by atoms with E-state index < -0.39 is 17.4 Å². The van der Waals surface area contributed by atoms with E-state index in [1.807, 2.05) is 34.6 Å². The van der Waals surface area contributed by atoms with E-state index in [-0.39, 0.29) is 23.2 Å². The lowest BCUT2D eigenvalue weighted by atomic mass is 9.80. The first-order valence-corrected chi connectivity index (χ1v) is 7.04. The number of ketones is 2. The highest BCUT2D eigenvalue weighted by Gasteiger charge is 2.32. The van der Waals surface area contributed by atoms with Gasteiger partial charge in [-0.2, -0.15) is 0 Å². The van der Waals surface area contributed by atoms with Crippen LogP contribution in [0.4, 0.5) is 0 Å². The Labute approximate surface area is 125 Å². The average Bonchev–Trinajstić information content (AvgIpc) is 2.30. The van der Waals surface area contributed by atoms with Crippen molar-refractivity contribution in [3.05, 3.63) is 23.4 Å². The van der Waals surface area contributed by atoms with Gasteiger partial charge >= 0.3 is 5.97 Å². The molecule has 5 heteroatoms. The molecule has 21 heavy (non-hydrogen) atoms. The molecule has 1 aliphatic rings. The largest absolute Gasteiger partial charge is 0.480 e. The molecule has 0 fully saturated rings. The van der Waals surface area contributed by atoms with E-state index >= 15 is 0 Å². The monoisotopic (exact) mass is 293 g/mol. The Balaban J connectivity index is 3.00. The van der Waals surface area contributed by atoms with Crippen molar-refractivity contribution in [2.45, 2.75) is 47.1 Å². The minimum Gasteiger partial charge on any atom is -0.480 e. The number of aliphatic carboxylic acids is 1. The highest BCUT2D eigenvalue weighted by atomic mass is 16.4. The van der Waals surface area contributed by atoms with Crippen molar-refractivity contribution in [3.63, 3.8) is 0 Å². The van der Waals surface area contributed by atoms with Crippen LogP contribution < -0.4 is 5.32 Å². The van der Waals surface area contributed by atoms with E-state index in [1.54, 1.807) is 0 Å². The molecule has 0 aromatic carbocycles. The lowest BCUT2D eigenvalue weighted by Crippen LogP contribution is -2.41. The Morgan fingerprint density at radius 2 is 1.81 bits per heavy atom. The summed E-state index contributed by atoms with van der Waals surface area (Å²) in [6.45, 7) is 9.34. The highest BCUT2D eigenvalue weighted by molar-refractivity contribution is 6.20. The number of hydrogen-bond donors (Lipinski definition) is 2. The van der Waals surface area contributed by atoms with Gasteiger partial charge in [0.05, 0.1) is 5.70 Å². The maximum atomic E-state index is 12.4. The molecule has 2 N–H and O–H groups in total. The summed E-state index contributed by atoms with van der Waals surface area (Å²) in [5, 5.41) is 11.9. The topological polar surface area (TPSA) is 83.5 Å². The van der Waals surface area contributed by atoms with Crippen molar-refractivity contribution in [3.8, 4) is 0 Å². The molecule has 1 rings (SSSR count). The molecule has 1 aliphatic carbocycles. The summed E-state index contributed by atoms with van der Waals surface area (Å²) >= 11 is 0. The summed E-state index contributed by atoms with van der Waals surface area (Å²) < 4.78 is 0. The van der Waals surface area contributed by atoms with Gasteiger partial charge in [0.1, 0.15) is 6.04 Å². The Morgan fingerprint density at radius 3 is 2.24 bits per heavy atom. The van der Waals surface area contributed by atoms with Gasteiger partial charge < -0.3 is 10.4 Å².